The summed E-state index contributed by atoms with van der Waals surface area (Å²) >= 11 is 6.21. The van der Waals surface area contributed by atoms with E-state index in [-0.39, 0.29) is 5.60 Å². The first-order valence-electron chi connectivity index (χ1n) is 5.55. The summed E-state index contributed by atoms with van der Waals surface area (Å²) in [6, 6.07) is 0. The Morgan fingerprint density at radius 2 is 2.21 bits per heavy atom. The molecular formula is C11H19ClO2. The van der Waals surface area contributed by atoms with Crippen molar-refractivity contribution in [3.8, 4) is 0 Å². The van der Waals surface area contributed by atoms with Crippen LogP contribution in [-0.4, -0.2) is 30.8 Å². The molecule has 1 spiro atoms. The molecule has 2 nitrogen and oxygen atoms in total. The molecule has 1 saturated heterocycles. The number of methoxy groups -OCH3 is 1. The van der Waals surface area contributed by atoms with Gasteiger partial charge in [0.05, 0.1) is 11.7 Å². The van der Waals surface area contributed by atoms with Gasteiger partial charge in [0.25, 0.3) is 0 Å². The van der Waals surface area contributed by atoms with Crippen LogP contribution >= 0.6 is 11.6 Å². The van der Waals surface area contributed by atoms with Crippen LogP contribution in [0, 0.1) is 0 Å². The van der Waals surface area contributed by atoms with Crippen LogP contribution in [0.25, 0.3) is 0 Å². The van der Waals surface area contributed by atoms with Crippen molar-refractivity contribution in [3.63, 3.8) is 0 Å². The zero-order valence-electron chi connectivity index (χ0n) is 8.80. The van der Waals surface area contributed by atoms with Crippen molar-refractivity contribution < 1.29 is 9.47 Å². The summed E-state index contributed by atoms with van der Waals surface area (Å²) in [4.78, 5) is 0. The average Bonchev–Trinajstić information content (AvgIpc) is 2.17. The van der Waals surface area contributed by atoms with Crippen LogP contribution in [0.5, 0.6) is 0 Å². The second-order valence-electron chi connectivity index (χ2n) is 4.58. The molecule has 14 heavy (non-hydrogen) atoms. The van der Waals surface area contributed by atoms with E-state index < -0.39 is 0 Å². The maximum absolute atomic E-state index is 6.21. The molecule has 0 aromatic heterocycles. The van der Waals surface area contributed by atoms with Gasteiger partial charge in [-0.15, -0.1) is 11.6 Å². The zero-order chi connectivity index (χ0) is 10.0. The smallest absolute Gasteiger partial charge is 0.0721 e. The SMILES string of the molecule is COC1CCCC2(CC(Cl)CCO2)C1. The fraction of sp³-hybridized carbons (Fsp3) is 1.00. The Balaban J connectivity index is 1.99. The summed E-state index contributed by atoms with van der Waals surface area (Å²) in [5.74, 6) is 0. The number of halogens is 1. The zero-order valence-corrected chi connectivity index (χ0v) is 9.55. The van der Waals surface area contributed by atoms with Crippen molar-refractivity contribution in [2.24, 2.45) is 0 Å². The lowest BCUT2D eigenvalue weighted by atomic mass is 9.78. The number of hydrogen-bond donors (Lipinski definition) is 0. The first-order valence-corrected chi connectivity index (χ1v) is 5.99. The molecule has 0 aromatic carbocycles. The minimum atomic E-state index is 0.0452. The molecule has 0 N–H and O–H groups in total. The third kappa shape index (κ3) is 2.23. The summed E-state index contributed by atoms with van der Waals surface area (Å²) < 4.78 is 11.4. The highest BCUT2D eigenvalue weighted by molar-refractivity contribution is 6.20. The second-order valence-corrected chi connectivity index (χ2v) is 5.19. The molecule has 2 rings (SSSR count). The van der Waals surface area contributed by atoms with Gasteiger partial charge in [0.1, 0.15) is 0 Å². The van der Waals surface area contributed by atoms with Crippen LogP contribution in [0.4, 0.5) is 0 Å². The molecule has 3 heteroatoms. The highest BCUT2D eigenvalue weighted by Gasteiger charge is 2.41. The third-order valence-corrected chi connectivity index (χ3v) is 3.90. The van der Waals surface area contributed by atoms with Gasteiger partial charge >= 0.3 is 0 Å². The summed E-state index contributed by atoms with van der Waals surface area (Å²) in [5, 5.41) is 0.305. The molecule has 3 unspecified atom stereocenters. The van der Waals surface area contributed by atoms with Crippen molar-refractivity contribution in [1.29, 1.82) is 0 Å². The lowest BCUT2D eigenvalue weighted by Gasteiger charge is -2.44. The molecule has 1 aliphatic heterocycles. The Kier molecular flexibility index (Phi) is 3.35. The van der Waals surface area contributed by atoms with Gasteiger partial charge in [-0.25, -0.2) is 0 Å². The van der Waals surface area contributed by atoms with Gasteiger partial charge in [-0.1, -0.05) is 0 Å². The molecule has 0 aromatic rings. The first kappa shape index (κ1) is 10.7. The van der Waals surface area contributed by atoms with E-state index in [0.29, 0.717) is 11.5 Å². The van der Waals surface area contributed by atoms with Gasteiger partial charge in [0.15, 0.2) is 0 Å². The van der Waals surface area contributed by atoms with Crippen molar-refractivity contribution in [2.45, 2.75) is 55.6 Å². The predicted octanol–water partition coefficient (Wildman–Crippen LogP) is 2.73. The Morgan fingerprint density at radius 3 is 2.93 bits per heavy atom. The molecule has 0 radical (unpaired) electrons. The lowest BCUT2D eigenvalue weighted by molar-refractivity contribution is -0.127. The van der Waals surface area contributed by atoms with Gasteiger partial charge in [-0.2, -0.15) is 0 Å². The molecule has 1 heterocycles. The minimum Gasteiger partial charge on any atom is -0.381 e. The van der Waals surface area contributed by atoms with Crippen LogP contribution < -0.4 is 0 Å². The molecule has 82 valence electrons. The minimum absolute atomic E-state index is 0.0452. The van der Waals surface area contributed by atoms with Crippen molar-refractivity contribution >= 4 is 11.6 Å². The number of hydrogen-bond acceptors (Lipinski definition) is 2. The largest absolute Gasteiger partial charge is 0.381 e. The lowest BCUT2D eigenvalue weighted by Crippen LogP contribution is -2.45. The van der Waals surface area contributed by atoms with E-state index >= 15 is 0 Å². The highest BCUT2D eigenvalue weighted by Crippen LogP contribution is 2.40. The molecule has 0 amide bonds. The summed E-state index contributed by atoms with van der Waals surface area (Å²) in [5.41, 5.74) is 0.0452. The molecule has 2 fully saturated rings. The summed E-state index contributed by atoms with van der Waals surface area (Å²) in [6.45, 7) is 0.824. The van der Waals surface area contributed by atoms with Crippen LogP contribution in [0.2, 0.25) is 0 Å². The Labute approximate surface area is 90.9 Å². The van der Waals surface area contributed by atoms with E-state index in [2.05, 4.69) is 0 Å². The van der Waals surface area contributed by atoms with Crippen LogP contribution in [0.15, 0.2) is 0 Å². The topological polar surface area (TPSA) is 18.5 Å². The number of ether oxygens (including phenoxy) is 2. The number of alkyl halides is 1. The van der Waals surface area contributed by atoms with Gasteiger partial charge < -0.3 is 9.47 Å². The molecule has 3 atom stereocenters. The van der Waals surface area contributed by atoms with Crippen LogP contribution in [0.1, 0.15) is 38.5 Å². The van der Waals surface area contributed by atoms with Crippen molar-refractivity contribution in [2.75, 3.05) is 13.7 Å². The number of rotatable bonds is 1. The fourth-order valence-corrected chi connectivity index (χ4v) is 3.13. The third-order valence-electron chi connectivity index (χ3n) is 3.52. The van der Waals surface area contributed by atoms with E-state index in [1.807, 2.05) is 0 Å². The molecular weight excluding hydrogens is 200 g/mol. The molecule has 2 aliphatic rings. The van der Waals surface area contributed by atoms with Gasteiger partial charge in [-0.05, 0) is 32.1 Å². The van der Waals surface area contributed by atoms with E-state index in [1.165, 1.54) is 12.8 Å². The quantitative estimate of drug-likeness (QED) is 0.631. The maximum Gasteiger partial charge on any atom is 0.0721 e. The Morgan fingerprint density at radius 1 is 1.36 bits per heavy atom. The molecule has 1 aliphatic carbocycles. The Hall–Kier alpha value is 0.210. The standard InChI is InChI=1S/C11H19ClO2/c1-13-10-3-2-5-11(8-10)7-9(12)4-6-14-11/h9-10H,2-8H2,1H3. The molecule has 1 saturated carbocycles. The van der Waals surface area contributed by atoms with Crippen molar-refractivity contribution in [3.05, 3.63) is 0 Å². The van der Waals surface area contributed by atoms with Crippen LogP contribution in [-0.2, 0) is 9.47 Å². The monoisotopic (exact) mass is 218 g/mol. The van der Waals surface area contributed by atoms with E-state index in [9.17, 15) is 0 Å². The molecule has 0 bridgehead atoms. The normalized spacial score (nSPS) is 44.1. The van der Waals surface area contributed by atoms with Gasteiger partial charge in [0, 0.05) is 25.5 Å². The first-order chi connectivity index (χ1) is 6.74. The summed E-state index contributed by atoms with van der Waals surface area (Å²) in [7, 11) is 1.80. The fourth-order valence-electron chi connectivity index (χ4n) is 2.76. The Bertz CT molecular complexity index is 194. The summed E-state index contributed by atoms with van der Waals surface area (Å²) in [6.07, 6.45) is 6.97. The highest BCUT2D eigenvalue weighted by atomic mass is 35.5. The van der Waals surface area contributed by atoms with Gasteiger partial charge in [0.2, 0.25) is 0 Å². The van der Waals surface area contributed by atoms with Gasteiger partial charge in [-0.3, -0.25) is 0 Å². The predicted molar refractivity (Wildman–Crippen MR) is 56.8 cm³/mol. The van der Waals surface area contributed by atoms with E-state index in [1.54, 1.807) is 7.11 Å². The maximum atomic E-state index is 6.21. The second kappa shape index (κ2) is 4.38. The average molecular weight is 219 g/mol. The van der Waals surface area contributed by atoms with E-state index in [0.717, 1.165) is 32.3 Å². The van der Waals surface area contributed by atoms with Crippen molar-refractivity contribution in [1.82, 2.24) is 0 Å². The van der Waals surface area contributed by atoms with Crippen LogP contribution in [0.3, 0.4) is 0 Å². The van der Waals surface area contributed by atoms with E-state index in [4.69, 9.17) is 21.1 Å².